The Bertz CT molecular complexity index is 638. The number of rotatable bonds is 8. The van der Waals surface area contributed by atoms with Gasteiger partial charge in [0, 0.05) is 38.3 Å². The van der Waals surface area contributed by atoms with Gasteiger partial charge in [0.15, 0.2) is 5.96 Å². The zero-order chi connectivity index (χ0) is 20.7. The van der Waals surface area contributed by atoms with Gasteiger partial charge in [-0.2, -0.15) is 0 Å². The van der Waals surface area contributed by atoms with Crippen LogP contribution in [0.2, 0.25) is 0 Å². The Morgan fingerprint density at radius 3 is 2.48 bits per heavy atom. The summed E-state index contributed by atoms with van der Waals surface area (Å²) < 4.78 is 11.3. The second-order valence-electron chi connectivity index (χ2n) is 8.09. The van der Waals surface area contributed by atoms with Crippen LogP contribution in [0.25, 0.3) is 0 Å². The van der Waals surface area contributed by atoms with Gasteiger partial charge in [0.25, 0.3) is 0 Å². The van der Waals surface area contributed by atoms with Crippen molar-refractivity contribution in [1.29, 1.82) is 0 Å². The summed E-state index contributed by atoms with van der Waals surface area (Å²) in [4.78, 5) is 7.05. The average Bonchev–Trinajstić information content (AvgIpc) is 2.95. The zero-order valence-electron chi connectivity index (χ0n) is 18.7. The fourth-order valence-corrected chi connectivity index (χ4v) is 3.80. The smallest absolute Gasteiger partial charge is 0.191 e. The van der Waals surface area contributed by atoms with Crippen molar-refractivity contribution in [3.8, 4) is 0 Å². The lowest BCUT2D eigenvalue weighted by Crippen LogP contribution is -2.46. The van der Waals surface area contributed by atoms with Gasteiger partial charge in [-0.1, -0.05) is 0 Å². The summed E-state index contributed by atoms with van der Waals surface area (Å²) in [5, 5.41) is 17.5. The van der Waals surface area contributed by atoms with Crippen LogP contribution in [-0.4, -0.2) is 67.4 Å². The molecule has 2 rings (SSSR count). The first-order chi connectivity index (χ1) is 13.2. The van der Waals surface area contributed by atoms with Crippen LogP contribution in [0.3, 0.4) is 0 Å². The van der Waals surface area contributed by atoms with Crippen molar-refractivity contribution in [3.05, 3.63) is 23.2 Å². The topological polar surface area (TPSA) is 82.3 Å². The van der Waals surface area contributed by atoms with Gasteiger partial charge in [0.2, 0.25) is 0 Å². The van der Waals surface area contributed by atoms with Gasteiger partial charge in [-0.25, -0.2) is 4.99 Å². The fourth-order valence-electron chi connectivity index (χ4n) is 3.80. The van der Waals surface area contributed by atoms with Crippen LogP contribution in [0.15, 0.2) is 15.5 Å². The molecule has 3 atom stereocenters. The molecule has 1 aliphatic rings. The Morgan fingerprint density at radius 1 is 1.28 bits per heavy atom. The molecule has 1 fully saturated rings. The Morgan fingerprint density at radius 2 is 1.93 bits per heavy atom. The molecule has 0 aromatic carbocycles. The Balaban J connectivity index is 0.00000420. The molecule has 1 aliphatic heterocycles. The number of guanidine groups is 1. The van der Waals surface area contributed by atoms with E-state index in [4.69, 9.17) is 9.15 Å². The van der Waals surface area contributed by atoms with E-state index in [1.165, 1.54) is 0 Å². The van der Waals surface area contributed by atoms with Crippen LogP contribution < -0.4 is 10.6 Å². The number of halogens is 1. The second-order valence-corrected chi connectivity index (χ2v) is 8.09. The Kier molecular flexibility index (Phi) is 10.9. The first-order valence-corrected chi connectivity index (χ1v) is 10.4. The Hall–Kier alpha value is -0.840. The van der Waals surface area contributed by atoms with Gasteiger partial charge in [-0.15, -0.1) is 24.0 Å². The van der Waals surface area contributed by atoms with Gasteiger partial charge >= 0.3 is 0 Å². The lowest BCUT2D eigenvalue weighted by molar-refractivity contribution is -0.0679. The minimum atomic E-state index is -1.07. The number of nitrogens with one attached hydrogen (secondary N) is 2. The lowest BCUT2D eigenvalue weighted by atomic mass is 9.96. The molecular formula is C21H39IN4O3. The number of nitrogens with zero attached hydrogens (tertiary/aromatic N) is 2. The normalized spacial score (nSPS) is 22.7. The number of aryl methyl sites for hydroxylation is 2. The molecule has 0 amide bonds. The van der Waals surface area contributed by atoms with Crippen LogP contribution in [-0.2, 0) is 10.3 Å². The number of morpholine rings is 1. The maximum absolute atomic E-state index is 10.8. The number of aliphatic imine (C=N–C) groups is 1. The molecule has 3 N–H and O–H groups in total. The highest BCUT2D eigenvalue weighted by atomic mass is 127. The second kappa shape index (κ2) is 12.1. The summed E-state index contributed by atoms with van der Waals surface area (Å²) in [6.07, 6.45) is 1.63. The molecule has 0 aliphatic carbocycles. The maximum atomic E-state index is 10.8. The van der Waals surface area contributed by atoms with E-state index in [-0.39, 0.29) is 30.5 Å². The van der Waals surface area contributed by atoms with Crippen molar-refractivity contribution in [1.82, 2.24) is 15.5 Å². The van der Waals surface area contributed by atoms with Crippen molar-refractivity contribution in [2.45, 2.75) is 65.8 Å². The molecule has 8 heteroatoms. The quantitative estimate of drug-likeness (QED) is 0.211. The number of hydrogen-bond donors (Lipinski definition) is 3. The van der Waals surface area contributed by atoms with Crippen LogP contribution in [0.1, 0.15) is 51.2 Å². The molecule has 0 spiro atoms. The van der Waals surface area contributed by atoms with Crippen molar-refractivity contribution < 1.29 is 14.3 Å². The number of hydrogen-bond acceptors (Lipinski definition) is 5. The third-order valence-electron chi connectivity index (χ3n) is 4.95. The van der Waals surface area contributed by atoms with Crippen LogP contribution in [0, 0.1) is 13.8 Å². The predicted octanol–water partition coefficient (Wildman–Crippen LogP) is 2.78. The molecule has 0 bridgehead atoms. The first-order valence-electron chi connectivity index (χ1n) is 10.4. The fraction of sp³-hybridized carbons (Fsp3) is 0.762. The van der Waals surface area contributed by atoms with Crippen LogP contribution in [0.5, 0.6) is 0 Å². The van der Waals surface area contributed by atoms with Gasteiger partial charge < -0.3 is 24.9 Å². The molecule has 0 saturated carbocycles. The lowest BCUT2D eigenvalue weighted by Gasteiger charge is -2.35. The van der Waals surface area contributed by atoms with E-state index in [2.05, 4.69) is 34.4 Å². The van der Waals surface area contributed by atoms with Gasteiger partial charge in [-0.3, -0.25) is 4.90 Å². The van der Waals surface area contributed by atoms with E-state index < -0.39 is 5.60 Å². The largest absolute Gasteiger partial charge is 0.466 e. The molecule has 1 aromatic rings. The molecule has 29 heavy (non-hydrogen) atoms. The molecule has 0 radical (unpaired) electrons. The highest BCUT2D eigenvalue weighted by Gasteiger charge is 2.27. The molecule has 168 valence electrons. The number of furan rings is 1. The standard InChI is InChI=1S/C21H38N4O3.HI/c1-7-22-20(23-9-8-10-25-12-16(3)27-17(4)13-25)24-14-21(6,26)19-11-15(2)28-18(19)5;/h11,16-17,26H,7-10,12-14H2,1-6H3,(H2,22,23,24);1H. The highest BCUT2D eigenvalue weighted by Crippen LogP contribution is 2.27. The van der Waals surface area contributed by atoms with Gasteiger partial charge in [0.1, 0.15) is 17.1 Å². The van der Waals surface area contributed by atoms with Crippen molar-refractivity contribution >= 4 is 29.9 Å². The molecule has 3 unspecified atom stereocenters. The average molecular weight is 522 g/mol. The first kappa shape index (κ1) is 26.2. The SMILES string of the molecule is CCNC(=NCC(C)(O)c1cc(C)oc1C)NCCCN1CC(C)OC(C)C1.I. The molecule has 2 heterocycles. The van der Waals surface area contributed by atoms with Gasteiger partial charge in [-0.05, 0) is 54.0 Å². The predicted molar refractivity (Wildman–Crippen MR) is 128 cm³/mol. The van der Waals surface area contributed by atoms with Crippen LogP contribution in [0.4, 0.5) is 0 Å². The summed E-state index contributed by atoms with van der Waals surface area (Å²) in [5.74, 6) is 2.27. The number of ether oxygens (including phenoxy) is 1. The summed E-state index contributed by atoms with van der Waals surface area (Å²) in [7, 11) is 0. The van der Waals surface area contributed by atoms with E-state index in [1.807, 2.05) is 26.8 Å². The summed E-state index contributed by atoms with van der Waals surface area (Å²) in [5.41, 5.74) is -0.273. The van der Waals surface area contributed by atoms with Crippen LogP contribution >= 0.6 is 24.0 Å². The zero-order valence-corrected chi connectivity index (χ0v) is 21.1. The number of aliphatic hydroxyl groups is 1. The minimum Gasteiger partial charge on any atom is -0.466 e. The van der Waals surface area contributed by atoms with E-state index >= 15 is 0 Å². The van der Waals surface area contributed by atoms with E-state index in [0.29, 0.717) is 12.2 Å². The monoisotopic (exact) mass is 522 g/mol. The molecule has 1 aromatic heterocycles. The third kappa shape index (κ3) is 8.43. The van der Waals surface area contributed by atoms with Gasteiger partial charge in [0.05, 0.1) is 18.8 Å². The maximum Gasteiger partial charge on any atom is 0.191 e. The third-order valence-corrected chi connectivity index (χ3v) is 4.95. The van der Waals surface area contributed by atoms with Crippen molar-refractivity contribution in [2.24, 2.45) is 4.99 Å². The summed E-state index contributed by atoms with van der Waals surface area (Å²) in [6.45, 7) is 16.7. The van der Waals surface area contributed by atoms with Crippen molar-refractivity contribution in [2.75, 3.05) is 39.3 Å². The van der Waals surface area contributed by atoms with Crippen molar-refractivity contribution in [3.63, 3.8) is 0 Å². The summed E-state index contributed by atoms with van der Waals surface area (Å²) in [6, 6.07) is 1.88. The van der Waals surface area contributed by atoms with E-state index in [1.54, 1.807) is 6.92 Å². The molecular weight excluding hydrogens is 483 g/mol. The summed E-state index contributed by atoms with van der Waals surface area (Å²) >= 11 is 0. The molecule has 1 saturated heterocycles. The van der Waals surface area contributed by atoms with E-state index in [0.717, 1.165) is 62.2 Å². The Labute approximate surface area is 192 Å². The highest BCUT2D eigenvalue weighted by molar-refractivity contribution is 14.0. The molecule has 7 nitrogen and oxygen atoms in total. The minimum absolute atomic E-state index is 0. The van der Waals surface area contributed by atoms with E-state index in [9.17, 15) is 5.11 Å².